The van der Waals surface area contributed by atoms with Gasteiger partial charge in [0.1, 0.15) is 0 Å². The van der Waals surface area contributed by atoms with Crippen LogP contribution in [0.4, 0.5) is 4.79 Å². The molecule has 0 aromatic rings. The Kier molecular flexibility index (Phi) is 1.76. The van der Waals surface area contributed by atoms with Gasteiger partial charge in [0, 0.05) is 5.57 Å². The molecule has 0 saturated carbocycles. The minimum atomic E-state index is -0.626. The van der Waals surface area contributed by atoms with Crippen LogP contribution >= 0.6 is 0 Å². The summed E-state index contributed by atoms with van der Waals surface area (Å²) in [5, 5.41) is 0. The summed E-state index contributed by atoms with van der Waals surface area (Å²) in [6.07, 6.45) is 3.03. The van der Waals surface area contributed by atoms with E-state index < -0.39 is 6.16 Å². The molecule has 1 heterocycles. The van der Waals surface area contributed by atoms with Crippen LogP contribution in [0.15, 0.2) is 23.7 Å². The van der Waals surface area contributed by atoms with Gasteiger partial charge in [0.15, 0.2) is 0 Å². The molecule has 0 bridgehead atoms. The summed E-state index contributed by atoms with van der Waals surface area (Å²) < 4.78 is 9.04. The Morgan fingerprint density at radius 3 is 2.50 bits per heavy atom. The summed E-state index contributed by atoms with van der Waals surface area (Å²) in [5.41, 5.74) is 0.821. The molecule has 1 saturated heterocycles. The molecule has 1 aliphatic heterocycles. The molecule has 3 heteroatoms. The van der Waals surface area contributed by atoms with Crippen molar-refractivity contribution in [3.8, 4) is 0 Å². The fourth-order valence-electron chi connectivity index (χ4n) is 0.638. The molecular weight excluding hydrogens is 132 g/mol. The van der Waals surface area contributed by atoms with Gasteiger partial charge in [0.2, 0.25) is 0 Å². The van der Waals surface area contributed by atoms with E-state index in [-0.39, 0.29) is 0 Å². The average Bonchev–Trinajstić information content (AvgIpc) is 1.82. The molecule has 1 aliphatic rings. The summed E-state index contributed by atoms with van der Waals surface area (Å²) >= 11 is 0. The molecule has 0 unspecified atom stereocenters. The summed E-state index contributed by atoms with van der Waals surface area (Å²) in [6, 6.07) is 0. The Hall–Kier alpha value is -1.25. The fraction of sp³-hybridized carbons (Fsp3) is 0.286. The number of hydrogen-bond donors (Lipinski definition) is 0. The number of rotatable bonds is 1. The van der Waals surface area contributed by atoms with Crippen LogP contribution in [0.5, 0.6) is 0 Å². The van der Waals surface area contributed by atoms with Crippen molar-refractivity contribution in [2.45, 2.75) is 13.8 Å². The highest BCUT2D eigenvalue weighted by atomic mass is 16.9. The second-order valence-corrected chi connectivity index (χ2v) is 1.92. The summed E-state index contributed by atoms with van der Waals surface area (Å²) in [5.74, 6) is 0.308. The molecule has 0 radical (unpaired) electrons. The molecule has 10 heavy (non-hydrogen) atoms. The Morgan fingerprint density at radius 2 is 2.10 bits per heavy atom. The zero-order valence-corrected chi connectivity index (χ0v) is 5.88. The fourth-order valence-corrected chi connectivity index (χ4v) is 0.638. The van der Waals surface area contributed by atoms with Crippen molar-refractivity contribution in [1.82, 2.24) is 0 Å². The third-order valence-electron chi connectivity index (χ3n) is 1.09. The molecule has 1 rings (SSSR count). The maximum absolute atomic E-state index is 10.1. The van der Waals surface area contributed by atoms with Crippen molar-refractivity contribution in [3.05, 3.63) is 23.7 Å². The van der Waals surface area contributed by atoms with Crippen LogP contribution in [0.2, 0.25) is 0 Å². The van der Waals surface area contributed by atoms with E-state index in [1.165, 1.54) is 0 Å². The van der Waals surface area contributed by atoms with Crippen molar-refractivity contribution < 1.29 is 14.3 Å². The zero-order chi connectivity index (χ0) is 7.56. The monoisotopic (exact) mass is 140 g/mol. The average molecular weight is 140 g/mol. The first-order chi connectivity index (χ1) is 4.74. The van der Waals surface area contributed by atoms with Gasteiger partial charge in [-0.05, 0) is 13.8 Å². The van der Waals surface area contributed by atoms with Crippen molar-refractivity contribution in [2.75, 3.05) is 0 Å². The van der Waals surface area contributed by atoms with Crippen LogP contribution in [-0.4, -0.2) is 6.16 Å². The second kappa shape index (κ2) is 2.56. The Labute approximate surface area is 58.9 Å². The summed E-state index contributed by atoms with van der Waals surface area (Å²) in [6.45, 7) is 3.69. The molecule has 1 fully saturated rings. The highest BCUT2D eigenvalue weighted by Crippen LogP contribution is 2.19. The van der Waals surface area contributed by atoms with Crippen molar-refractivity contribution in [1.29, 1.82) is 0 Å². The third-order valence-corrected chi connectivity index (χ3v) is 1.09. The quantitative estimate of drug-likeness (QED) is 0.522. The van der Waals surface area contributed by atoms with E-state index in [4.69, 9.17) is 0 Å². The van der Waals surface area contributed by atoms with E-state index in [0.29, 0.717) is 5.95 Å². The maximum Gasteiger partial charge on any atom is 0.524 e. The molecule has 54 valence electrons. The largest absolute Gasteiger partial charge is 0.524 e. The van der Waals surface area contributed by atoms with E-state index >= 15 is 0 Å². The van der Waals surface area contributed by atoms with Gasteiger partial charge in [-0.2, -0.15) is 0 Å². The smallest absolute Gasteiger partial charge is 0.360 e. The van der Waals surface area contributed by atoms with Crippen LogP contribution < -0.4 is 0 Å². The van der Waals surface area contributed by atoms with Gasteiger partial charge in [-0.3, -0.25) is 0 Å². The number of ether oxygens (including phenoxy) is 2. The third kappa shape index (κ3) is 1.18. The van der Waals surface area contributed by atoms with Gasteiger partial charge in [0.05, 0.1) is 0 Å². The van der Waals surface area contributed by atoms with E-state index in [9.17, 15) is 4.79 Å². The van der Waals surface area contributed by atoms with Crippen molar-refractivity contribution in [2.24, 2.45) is 0 Å². The number of hydrogen-bond acceptors (Lipinski definition) is 3. The van der Waals surface area contributed by atoms with E-state index in [2.05, 4.69) is 9.47 Å². The first kappa shape index (κ1) is 6.86. The van der Waals surface area contributed by atoms with E-state index in [0.717, 1.165) is 5.57 Å². The molecule has 0 spiro atoms. The Balaban J connectivity index is 2.61. The highest BCUT2D eigenvalue weighted by Gasteiger charge is 2.25. The Bertz CT molecular complexity index is 203. The van der Waals surface area contributed by atoms with Crippen LogP contribution in [0.3, 0.4) is 0 Å². The standard InChI is InChI=1S/C7H8O3/c1-3-4-5(2)6-9-7(8)10-6/h3-4H,1-2H3/b4-3+. The maximum atomic E-state index is 10.1. The number of allylic oxidation sites excluding steroid dienone is 3. The molecule has 0 amide bonds. The molecule has 0 aromatic carbocycles. The number of carbonyl (C=O) groups is 1. The van der Waals surface area contributed by atoms with Crippen LogP contribution in [0.25, 0.3) is 0 Å². The van der Waals surface area contributed by atoms with E-state index in [1.807, 2.05) is 26.0 Å². The summed E-state index contributed by atoms with van der Waals surface area (Å²) in [4.78, 5) is 10.1. The number of cyclic esters (lactones) is 2. The highest BCUT2D eigenvalue weighted by molar-refractivity contribution is 5.68. The molecule has 0 N–H and O–H groups in total. The topological polar surface area (TPSA) is 35.5 Å². The lowest BCUT2D eigenvalue weighted by molar-refractivity contribution is -0.0279. The molecule has 3 nitrogen and oxygen atoms in total. The molecule has 0 aliphatic carbocycles. The van der Waals surface area contributed by atoms with Crippen LogP contribution in [0, 0.1) is 0 Å². The zero-order valence-electron chi connectivity index (χ0n) is 5.88. The summed E-state index contributed by atoms with van der Waals surface area (Å²) in [7, 11) is 0. The second-order valence-electron chi connectivity index (χ2n) is 1.92. The lowest BCUT2D eigenvalue weighted by atomic mass is 10.3. The lowest BCUT2D eigenvalue weighted by Crippen LogP contribution is -2.21. The predicted octanol–water partition coefficient (Wildman–Crippen LogP) is 1.96. The Morgan fingerprint density at radius 1 is 1.50 bits per heavy atom. The predicted molar refractivity (Wildman–Crippen MR) is 35.1 cm³/mol. The minimum absolute atomic E-state index is 0.308. The van der Waals surface area contributed by atoms with Gasteiger partial charge < -0.3 is 9.47 Å². The van der Waals surface area contributed by atoms with Gasteiger partial charge in [-0.25, -0.2) is 4.79 Å². The number of carbonyl (C=O) groups excluding carboxylic acids is 1. The first-order valence-electron chi connectivity index (χ1n) is 2.97. The molecule has 0 atom stereocenters. The van der Waals surface area contributed by atoms with Gasteiger partial charge in [0.25, 0.3) is 0 Å². The molecular formula is C7H8O3. The van der Waals surface area contributed by atoms with Crippen LogP contribution in [0.1, 0.15) is 13.8 Å². The lowest BCUT2D eigenvalue weighted by Gasteiger charge is -2.16. The van der Waals surface area contributed by atoms with Gasteiger partial charge in [-0.15, -0.1) is 0 Å². The minimum Gasteiger partial charge on any atom is -0.360 e. The first-order valence-corrected chi connectivity index (χ1v) is 2.97. The molecule has 0 aromatic heterocycles. The van der Waals surface area contributed by atoms with Gasteiger partial charge in [-0.1, -0.05) is 12.2 Å². The van der Waals surface area contributed by atoms with Crippen molar-refractivity contribution in [3.63, 3.8) is 0 Å². The SMILES string of the molecule is C/C=C/C(C)=C1OC(=O)O1. The van der Waals surface area contributed by atoms with Gasteiger partial charge >= 0.3 is 12.1 Å². The van der Waals surface area contributed by atoms with E-state index in [1.54, 1.807) is 0 Å². The van der Waals surface area contributed by atoms with Crippen LogP contribution in [-0.2, 0) is 9.47 Å². The normalized spacial score (nSPS) is 16.2. The van der Waals surface area contributed by atoms with Crippen molar-refractivity contribution >= 4 is 6.16 Å².